The van der Waals surface area contributed by atoms with Gasteiger partial charge in [0, 0.05) is 17.3 Å². The van der Waals surface area contributed by atoms with Crippen molar-refractivity contribution in [3.63, 3.8) is 0 Å². The van der Waals surface area contributed by atoms with Crippen LogP contribution in [0.2, 0.25) is 0 Å². The number of anilines is 1. The quantitative estimate of drug-likeness (QED) is 0.399. The fourth-order valence-electron chi connectivity index (χ4n) is 2.52. The minimum Gasteiger partial charge on any atom is -0.544 e. The molecule has 2 aromatic carbocycles. The molecule has 7 nitrogen and oxygen atoms in total. The summed E-state index contributed by atoms with van der Waals surface area (Å²) in [6, 6.07) is 12.4. The summed E-state index contributed by atoms with van der Waals surface area (Å²) in [5.41, 5.74) is 1.25. The van der Waals surface area contributed by atoms with Crippen molar-refractivity contribution < 1.29 is 23.1 Å². The highest BCUT2D eigenvalue weighted by molar-refractivity contribution is 9.42. The third kappa shape index (κ3) is 5.88. The molecule has 0 aliphatic rings. The topological polar surface area (TPSA) is 103 Å². The number of carboxylic acid groups (broad SMARTS) is 1. The van der Waals surface area contributed by atoms with E-state index in [2.05, 4.69) is 53.1 Å². The van der Waals surface area contributed by atoms with Gasteiger partial charge < -0.3 is 15.2 Å². The predicted octanol–water partition coefficient (Wildman–Crippen LogP) is 2.83. The van der Waals surface area contributed by atoms with E-state index in [-0.39, 0.29) is 21.5 Å². The third-order valence-electron chi connectivity index (χ3n) is 4.04. The van der Waals surface area contributed by atoms with Crippen LogP contribution in [0.15, 0.2) is 53.4 Å². The molecule has 156 valence electrons. The summed E-state index contributed by atoms with van der Waals surface area (Å²) >= 11 is 8.98. The smallest absolute Gasteiger partial charge is 0.255 e. The maximum Gasteiger partial charge on any atom is 0.255 e. The van der Waals surface area contributed by atoms with Crippen LogP contribution in [0.1, 0.15) is 10.4 Å². The number of sulfone groups is 1. The molecule has 2 aromatic rings. The Kier molecular flexibility index (Phi) is 7.32. The molecule has 29 heavy (non-hydrogen) atoms. The van der Waals surface area contributed by atoms with Crippen molar-refractivity contribution in [3.05, 3.63) is 54.1 Å². The first-order valence-electron chi connectivity index (χ1n) is 8.10. The molecule has 0 bridgehead atoms. The Morgan fingerprint density at radius 3 is 2.28 bits per heavy atom. The van der Waals surface area contributed by atoms with Crippen molar-refractivity contribution in [2.75, 3.05) is 26.0 Å². The molecule has 1 amide bonds. The molecule has 2 rings (SSSR count). The Hall–Kier alpha value is -1.27. The fourth-order valence-corrected chi connectivity index (χ4v) is 5.00. The van der Waals surface area contributed by atoms with Crippen LogP contribution >= 0.6 is 47.8 Å². The van der Waals surface area contributed by atoms with Crippen molar-refractivity contribution >= 4 is 80.9 Å². The number of benzene rings is 2. The lowest BCUT2D eigenvalue weighted by atomic mass is 10.2. The van der Waals surface area contributed by atoms with Gasteiger partial charge >= 0.3 is 0 Å². The van der Waals surface area contributed by atoms with Crippen LogP contribution in [0, 0.1) is 0 Å². The van der Waals surface area contributed by atoms with E-state index in [0.29, 0.717) is 11.4 Å². The monoisotopic (exact) mass is 610 g/mol. The summed E-state index contributed by atoms with van der Waals surface area (Å²) in [6.45, 7) is -0.231. The molecule has 0 heterocycles. The van der Waals surface area contributed by atoms with Crippen molar-refractivity contribution in [1.82, 2.24) is 4.48 Å². The van der Waals surface area contributed by atoms with Gasteiger partial charge in [-0.3, -0.25) is 9.28 Å². The van der Waals surface area contributed by atoms with E-state index in [0.717, 1.165) is 0 Å². The van der Waals surface area contributed by atoms with E-state index in [9.17, 15) is 23.1 Å². The molecule has 0 atom stereocenters. The average molecular weight is 613 g/mol. The first-order valence-corrected chi connectivity index (χ1v) is 12.0. The molecule has 0 unspecified atom stereocenters. The van der Waals surface area contributed by atoms with E-state index in [1.165, 1.54) is 24.3 Å². The highest BCUT2D eigenvalue weighted by Crippen LogP contribution is 2.43. The summed E-state index contributed by atoms with van der Waals surface area (Å²) in [4.78, 5) is 23.5. The summed E-state index contributed by atoms with van der Waals surface area (Å²) < 4.78 is 23.5. The predicted molar refractivity (Wildman–Crippen MR) is 121 cm³/mol. The van der Waals surface area contributed by atoms with Gasteiger partial charge in [-0.2, -0.15) is 0 Å². The van der Waals surface area contributed by atoms with Gasteiger partial charge in [-0.05, 0) is 78.1 Å². The Bertz CT molecular complexity index is 1050. The van der Waals surface area contributed by atoms with Crippen molar-refractivity contribution in [3.8, 4) is 0 Å². The van der Waals surface area contributed by atoms with Gasteiger partial charge in [-0.15, -0.1) is 0 Å². The van der Waals surface area contributed by atoms with Crippen molar-refractivity contribution in [1.29, 1.82) is 0 Å². The normalized spacial score (nSPS) is 12.4. The number of alkyl halides is 3. The second kappa shape index (κ2) is 8.84. The number of hydrogen-bond donors (Lipinski definition) is 1. The van der Waals surface area contributed by atoms with Crippen LogP contribution < -0.4 is 14.9 Å². The zero-order valence-corrected chi connectivity index (χ0v) is 20.9. The van der Waals surface area contributed by atoms with Gasteiger partial charge in [0.05, 0.1) is 25.0 Å². The lowest BCUT2D eigenvalue weighted by Crippen LogP contribution is -2.49. The van der Waals surface area contributed by atoms with Gasteiger partial charge in [0.2, 0.25) is 11.3 Å². The molecule has 0 fully saturated rings. The number of nitrogens with one attached hydrogen (secondary N) is 1. The molecule has 0 aliphatic carbocycles. The molecule has 0 aromatic heterocycles. The van der Waals surface area contributed by atoms with Crippen molar-refractivity contribution in [2.45, 2.75) is 6.37 Å². The van der Waals surface area contributed by atoms with E-state index >= 15 is 0 Å². The Labute approximate surface area is 194 Å². The largest absolute Gasteiger partial charge is 0.544 e. The molecule has 0 saturated heterocycles. The van der Waals surface area contributed by atoms with Crippen LogP contribution in [0.4, 0.5) is 11.4 Å². The first-order chi connectivity index (χ1) is 13.2. The van der Waals surface area contributed by atoms with Gasteiger partial charge in [0.15, 0.2) is 0 Å². The van der Waals surface area contributed by atoms with E-state index in [1.54, 1.807) is 38.4 Å². The minimum absolute atomic E-state index is 0.0314. The fraction of sp³-hybridized carbons (Fsp3) is 0.222. The number of rotatable bonds is 6. The molecule has 0 spiro atoms. The Balaban J connectivity index is 2.29. The van der Waals surface area contributed by atoms with Gasteiger partial charge in [-0.25, -0.2) is 8.42 Å². The summed E-state index contributed by atoms with van der Waals surface area (Å²) in [5.74, 6) is -1.70. The molecule has 0 radical (unpaired) electrons. The SMILES string of the molecule is C[N+](C)(CC(=O)[O-])c1cccc(NC(=O)c2cccc(S(=O)(=O)C(Br)(Br)Br)c2)c1. The lowest BCUT2D eigenvalue weighted by molar-refractivity contribution is -0.305. The average Bonchev–Trinajstić information content (AvgIpc) is 2.60. The van der Waals surface area contributed by atoms with Crippen LogP contribution in [-0.2, 0) is 14.6 Å². The highest BCUT2D eigenvalue weighted by atomic mass is 80.0. The number of halogens is 3. The third-order valence-corrected chi connectivity index (χ3v) is 9.36. The number of likely N-dealkylation sites (N-methyl/N-ethyl adjacent to an activating group) is 1. The molecule has 1 N–H and O–H groups in total. The Morgan fingerprint density at radius 2 is 1.69 bits per heavy atom. The first kappa shape index (κ1) is 24.0. The number of carbonyl (C=O) groups excluding carboxylic acids is 2. The number of quaternary nitrogens is 1. The maximum absolute atomic E-state index is 12.6. The second-order valence-electron chi connectivity index (χ2n) is 6.70. The van der Waals surface area contributed by atoms with E-state index in [1.807, 2.05) is 0 Å². The number of nitrogens with zero attached hydrogens (tertiary/aromatic N) is 1. The van der Waals surface area contributed by atoms with Crippen LogP contribution in [0.5, 0.6) is 0 Å². The van der Waals surface area contributed by atoms with Gasteiger partial charge in [0.1, 0.15) is 12.2 Å². The van der Waals surface area contributed by atoms with E-state index in [4.69, 9.17) is 0 Å². The molecule has 11 heteroatoms. The number of amides is 1. The zero-order valence-electron chi connectivity index (χ0n) is 15.4. The summed E-state index contributed by atoms with van der Waals surface area (Å²) in [5, 5.41) is 13.7. The molecular formula is C18H17Br3N2O5S. The zero-order chi connectivity index (χ0) is 22.0. The number of aliphatic carboxylic acids is 1. The number of carbonyl (C=O) groups is 2. The summed E-state index contributed by atoms with van der Waals surface area (Å²) in [6.07, 6.45) is 0. The van der Waals surface area contributed by atoms with Crippen LogP contribution in [0.3, 0.4) is 0 Å². The van der Waals surface area contributed by atoms with E-state index < -0.39 is 23.2 Å². The van der Waals surface area contributed by atoms with Crippen molar-refractivity contribution in [2.24, 2.45) is 0 Å². The van der Waals surface area contributed by atoms with Crippen LogP contribution in [-0.4, -0.2) is 42.4 Å². The standard InChI is InChI=1S/C18H17Br3N2O5S/c1-23(2,11-16(24)25)14-7-4-6-13(10-14)22-17(26)12-5-3-8-15(9-12)29(27,28)18(19,20)21/h3-10H,11H2,1-2H3,(H-,22,24,25,26). The Morgan fingerprint density at radius 1 is 1.07 bits per heavy atom. The lowest BCUT2D eigenvalue weighted by Gasteiger charge is -2.29. The van der Waals surface area contributed by atoms with Gasteiger partial charge in [-0.1, -0.05) is 12.1 Å². The van der Waals surface area contributed by atoms with Crippen LogP contribution in [0.25, 0.3) is 0 Å². The number of hydrogen-bond acceptors (Lipinski definition) is 5. The minimum atomic E-state index is -3.84. The highest BCUT2D eigenvalue weighted by Gasteiger charge is 2.37. The maximum atomic E-state index is 12.6. The molecule has 0 aliphatic heterocycles. The molecule has 0 saturated carbocycles. The number of carboxylic acids is 1. The summed E-state index contributed by atoms with van der Waals surface area (Å²) in [7, 11) is -0.424. The molecular weight excluding hydrogens is 596 g/mol. The van der Waals surface area contributed by atoms with Gasteiger partial charge in [0.25, 0.3) is 5.91 Å². The second-order valence-corrected chi connectivity index (χ2v) is 17.1.